The second-order valence-electron chi connectivity index (χ2n) is 4.99. The molecule has 0 amide bonds. The standard InChI is InChI=1S/C16H16FNO3Si/c1-3-22(2,15-10-8-14(17)9-11-15)21-12-13-6-4-5-7-16(13)18(19)20/h3-11H,1,12H2,2H3. The van der Waals surface area contributed by atoms with Crippen molar-refractivity contribution >= 4 is 19.2 Å². The van der Waals surface area contributed by atoms with Crippen LogP contribution in [0.25, 0.3) is 0 Å². The molecule has 4 nitrogen and oxygen atoms in total. The van der Waals surface area contributed by atoms with Crippen LogP contribution >= 0.6 is 0 Å². The van der Waals surface area contributed by atoms with Crippen LogP contribution in [0.15, 0.2) is 60.8 Å². The van der Waals surface area contributed by atoms with E-state index in [1.54, 1.807) is 36.0 Å². The summed E-state index contributed by atoms with van der Waals surface area (Å²) in [7, 11) is -2.49. The third kappa shape index (κ3) is 3.47. The highest BCUT2D eigenvalue weighted by molar-refractivity contribution is 6.89. The van der Waals surface area contributed by atoms with Gasteiger partial charge in [-0.15, -0.1) is 6.58 Å². The third-order valence-electron chi connectivity index (χ3n) is 3.52. The largest absolute Gasteiger partial charge is 0.404 e. The van der Waals surface area contributed by atoms with Gasteiger partial charge in [-0.05, 0) is 29.9 Å². The minimum atomic E-state index is -2.49. The predicted molar refractivity (Wildman–Crippen MR) is 85.7 cm³/mol. The third-order valence-corrected chi connectivity index (χ3v) is 6.53. The Morgan fingerprint density at radius 1 is 1.27 bits per heavy atom. The van der Waals surface area contributed by atoms with Gasteiger partial charge < -0.3 is 4.43 Å². The summed E-state index contributed by atoms with van der Waals surface area (Å²) >= 11 is 0. The molecule has 2 rings (SSSR count). The van der Waals surface area contributed by atoms with E-state index >= 15 is 0 Å². The zero-order valence-corrected chi connectivity index (χ0v) is 13.2. The molecule has 1 atom stereocenters. The zero-order valence-electron chi connectivity index (χ0n) is 12.2. The van der Waals surface area contributed by atoms with Gasteiger partial charge in [-0.1, -0.05) is 30.0 Å². The summed E-state index contributed by atoms with van der Waals surface area (Å²) in [4.78, 5) is 10.6. The molecule has 1 unspecified atom stereocenters. The van der Waals surface area contributed by atoms with E-state index in [9.17, 15) is 14.5 Å². The molecule has 0 heterocycles. The molecule has 6 heteroatoms. The van der Waals surface area contributed by atoms with Crippen molar-refractivity contribution in [3.8, 4) is 0 Å². The van der Waals surface area contributed by atoms with Gasteiger partial charge in [0.2, 0.25) is 8.32 Å². The van der Waals surface area contributed by atoms with Gasteiger partial charge in [-0.25, -0.2) is 4.39 Å². The quantitative estimate of drug-likeness (QED) is 0.466. The molecule has 0 aliphatic carbocycles. The summed E-state index contributed by atoms with van der Waals surface area (Å²) in [5.74, 6) is -0.317. The lowest BCUT2D eigenvalue weighted by molar-refractivity contribution is -0.385. The molecule has 0 aliphatic heterocycles. The molecule has 0 spiro atoms. The van der Waals surface area contributed by atoms with Crippen molar-refractivity contribution in [2.45, 2.75) is 13.2 Å². The molecule has 0 aromatic heterocycles. The minimum absolute atomic E-state index is 0.0296. The summed E-state index contributed by atoms with van der Waals surface area (Å²) in [5.41, 5.74) is 2.27. The lowest BCUT2D eigenvalue weighted by atomic mass is 10.2. The SMILES string of the molecule is C=C[Si](C)(OCc1ccccc1[N+](=O)[O-])c1ccc(F)cc1. The Morgan fingerprint density at radius 2 is 1.91 bits per heavy atom. The van der Waals surface area contributed by atoms with Gasteiger partial charge in [0.25, 0.3) is 5.69 Å². The number of halogens is 1. The van der Waals surface area contributed by atoms with E-state index in [2.05, 4.69) is 6.58 Å². The molecule has 0 saturated heterocycles. The van der Waals surface area contributed by atoms with E-state index in [4.69, 9.17) is 4.43 Å². The molecule has 22 heavy (non-hydrogen) atoms. The fourth-order valence-corrected chi connectivity index (χ4v) is 3.88. The van der Waals surface area contributed by atoms with E-state index in [1.807, 2.05) is 6.55 Å². The van der Waals surface area contributed by atoms with Crippen molar-refractivity contribution in [3.05, 3.63) is 82.3 Å². The first-order valence-electron chi connectivity index (χ1n) is 6.72. The van der Waals surface area contributed by atoms with Crippen LogP contribution in [0.3, 0.4) is 0 Å². The van der Waals surface area contributed by atoms with Crippen molar-refractivity contribution in [1.29, 1.82) is 0 Å². The minimum Gasteiger partial charge on any atom is -0.404 e. The summed E-state index contributed by atoms with van der Waals surface area (Å²) in [5, 5.41) is 11.9. The molecule has 0 bridgehead atoms. The molecule has 0 radical (unpaired) electrons. The number of nitro groups is 1. The van der Waals surface area contributed by atoms with Crippen LogP contribution in [0.5, 0.6) is 0 Å². The van der Waals surface area contributed by atoms with Crippen molar-refractivity contribution < 1.29 is 13.7 Å². The maximum absolute atomic E-state index is 13.0. The van der Waals surface area contributed by atoms with E-state index in [-0.39, 0.29) is 18.1 Å². The second-order valence-corrected chi connectivity index (χ2v) is 8.48. The molecule has 0 aliphatic rings. The Kier molecular flexibility index (Phi) is 4.84. The van der Waals surface area contributed by atoms with Crippen molar-refractivity contribution in [2.24, 2.45) is 0 Å². The number of hydrogen-bond donors (Lipinski definition) is 0. The number of nitrogens with zero attached hydrogens (tertiary/aromatic N) is 1. The molecule has 2 aromatic rings. The summed E-state index contributed by atoms with van der Waals surface area (Å²) < 4.78 is 19.0. The number of nitro benzene ring substituents is 1. The number of para-hydroxylation sites is 1. The molecule has 0 saturated carbocycles. The van der Waals surface area contributed by atoms with Gasteiger partial charge in [-0.3, -0.25) is 10.1 Å². The van der Waals surface area contributed by atoms with Gasteiger partial charge in [0, 0.05) is 6.07 Å². The normalized spacial score (nSPS) is 13.4. The Balaban J connectivity index is 2.23. The lowest BCUT2D eigenvalue weighted by Gasteiger charge is -2.24. The molecule has 0 fully saturated rings. The number of hydrogen-bond acceptors (Lipinski definition) is 3. The number of rotatable bonds is 6. The first-order chi connectivity index (χ1) is 10.5. The molecular formula is C16H16FNO3Si. The Morgan fingerprint density at radius 3 is 2.50 bits per heavy atom. The first kappa shape index (κ1) is 16.1. The highest BCUT2D eigenvalue weighted by Crippen LogP contribution is 2.20. The Hall–Kier alpha value is -2.31. The average molecular weight is 317 g/mol. The molecule has 0 N–H and O–H groups in total. The Bertz CT molecular complexity index is 690. The monoisotopic (exact) mass is 317 g/mol. The smallest absolute Gasteiger partial charge is 0.274 e. The molecular weight excluding hydrogens is 301 g/mol. The molecule has 2 aromatic carbocycles. The fraction of sp³-hybridized carbons (Fsp3) is 0.125. The van der Waals surface area contributed by atoms with Gasteiger partial charge in [0.05, 0.1) is 17.1 Å². The van der Waals surface area contributed by atoms with Crippen LogP contribution in [-0.2, 0) is 11.0 Å². The van der Waals surface area contributed by atoms with E-state index in [1.165, 1.54) is 18.2 Å². The van der Waals surface area contributed by atoms with E-state index < -0.39 is 13.2 Å². The van der Waals surface area contributed by atoms with Crippen LogP contribution < -0.4 is 5.19 Å². The van der Waals surface area contributed by atoms with Crippen LogP contribution in [0.2, 0.25) is 6.55 Å². The number of benzene rings is 2. The van der Waals surface area contributed by atoms with Crippen molar-refractivity contribution in [2.75, 3.05) is 0 Å². The maximum Gasteiger partial charge on any atom is 0.274 e. The van der Waals surface area contributed by atoms with E-state index in [0.29, 0.717) is 5.56 Å². The van der Waals surface area contributed by atoms with Crippen LogP contribution in [0.4, 0.5) is 10.1 Å². The van der Waals surface area contributed by atoms with Gasteiger partial charge >= 0.3 is 0 Å². The summed E-state index contributed by atoms with van der Waals surface area (Å²) in [6.07, 6.45) is 0. The predicted octanol–water partition coefficient (Wildman–Crippen LogP) is 3.46. The topological polar surface area (TPSA) is 52.4 Å². The first-order valence-corrected chi connectivity index (χ1v) is 9.21. The highest BCUT2D eigenvalue weighted by atomic mass is 28.4. The van der Waals surface area contributed by atoms with Crippen molar-refractivity contribution in [1.82, 2.24) is 0 Å². The van der Waals surface area contributed by atoms with Gasteiger partial charge in [-0.2, -0.15) is 0 Å². The van der Waals surface area contributed by atoms with Crippen LogP contribution in [0.1, 0.15) is 5.56 Å². The Labute approximate surface area is 129 Å². The van der Waals surface area contributed by atoms with Crippen LogP contribution in [-0.4, -0.2) is 13.2 Å². The fourth-order valence-electron chi connectivity index (χ4n) is 2.08. The van der Waals surface area contributed by atoms with Gasteiger partial charge in [0.15, 0.2) is 0 Å². The van der Waals surface area contributed by atoms with Gasteiger partial charge in [0.1, 0.15) is 5.82 Å². The average Bonchev–Trinajstić information content (AvgIpc) is 2.53. The summed E-state index contributed by atoms with van der Waals surface area (Å²) in [6, 6.07) is 12.5. The lowest BCUT2D eigenvalue weighted by Crippen LogP contribution is -2.46. The molecule has 114 valence electrons. The maximum atomic E-state index is 13.0. The zero-order chi connectivity index (χ0) is 16.2. The van der Waals surface area contributed by atoms with Crippen molar-refractivity contribution in [3.63, 3.8) is 0 Å². The highest BCUT2D eigenvalue weighted by Gasteiger charge is 2.29. The summed E-state index contributed by atoms with van der Waals surface area (Å²) in [6.45, 7) is 5.84. The second kappa shape index (κ2) is 6.63. The van der Waals surface area contributed by atoms with Crippen LogP contribution in [0, 0.1) is 15.9 Å². The van der Waals surface area contributed by atoms with E-state index in [0.717, 1.165) is 5.19 Å².